The Labute approximate surface area is 148 Å². The minimum atomic E-state index is -1.11. The molecule has 1 aromatic rings. The largest absolute Gasteiger partial charge is 0.482 e. The standard InChI is InChI=1S/C18H26N2O5/c1-11-8-7-9-14(12(11)2)24-10-15(21)25-13(3)16(22)19-17(23)20-18(4,5)6/h7-9,13H,10H2,1-6H3,(H2,19,20,22,23)/t13-/m0/s1. The van der Waals surface area contributed by atoms with Gasteiger partial charge in [-0.05, 0) is 58.7 Å². The van der Waals surface area contributed by atoms with Gasteiger partial charge in [-0.25, -0.2) is 9.59 Å². The van der Waals surface area contributed by atoms with E-state index in [2.05, 4.69) is 10.6 Å². The maximum Gasteiger partial charge on any atom is 0.344 e. The summed E-state index contributed by atoms with van der Waals surface area (Å²) in [5, 5.41) is 4.71. The Morgan fingerprint density at radius 2 is 1.80 bits per heavy atom. The van der Waals surface area contributed by atoms with E-state index in [1.54, 1.807) is 26.8 Å². The van der Waals surface area contributed by atoms with E-state index in [4.69, 9.17) is 9.47 Å². The van der Waals surface area contributed by atoms with Gasteiger partial charge in [-0.15, -0.1) is 0 Å². The molecule has 25 heavy (non-hydrogen) atoms. The summed E-state index contributed by atoms with van der Waals surface area (Å²) in [5.74, 6) is -0.819. The zero-order valence-electron chi connectivity index (χ0n) is 15.6. The fourth-order valence-corrected chi connectivity index (χ4v) is 1.89. The Bertz CT molecular complexity index is 649. The van der Waals surface area contributed by atoms with E-state index in [0.717, 1.165) is 11.1 Å². The lowest BCUT2D eigenvalue weighted by Gasteiger charge is -2.21. The third-order valence-corrected chi connectivity index (χ3v) is 3.30. The molecule has 0 aromatic heterocycles. The monoisotopic (exact) mass is 350 g/mol. The molecule has 0 bridgehead atoms. The molecule has 0 heterocycles. The second-order valence-corrected chi connectivity index (χ2v) is 6.81. The number of hydrogen-bond acceptors (Lipinski definition) is 5. The fourth-order valence-electron chi connectivity index (χ4n) is 1.89. The molecule has 138 valence electrons. The van der Waals surface area contributed by atoms with Crippen molar-refractivity contribution in [3.8, 4) is 5.75 Å². The summed E-state index contributed by atoms with van der Waals surface area (Å²) in [6.45, 7) is 10.2. The number of amides is 3. The van der Waals surface area contributed by atoms with Gasteiger partial charge in [0, 0.05) is 5.54 Å². The molecule has 0 unspecified atom stereocenters. The molecule has 0 aliphatic rings. The van der Waals surface area contributed by atoms with Gasteiger partial charge in [-0.1, -0.05) is 12.1 Å². The van der Waals surface area contributed by atoms with Crippen LogP contribution in [-0.2, 0) is 14.3 Å². The second kappa shape index (κ2) is 8.50. The van der Waals surface area contributed by atoms with Crippen LogP contribution < -0.4 is 15.4 Å². The maximum atomic E-state index is 11.9. The summed E-state index contributed by atoms with van der Waals surface area (Å²) >= 11 is 0. The summed E-state index contributed by atoms with van der Waals surface area (Å²) in [4.78, 5) is 35.3. The predicted molar refractivity (Wildman–Crippen MR) is 93.4 cm³/mol. The molecular formula is C18H26N2O5. The van der Waals surface area contributed by atoms with Crippen LogP contribution >= 0.6 is 0 Å². The van der Waals surface area contributed by atoms with Gasteiger partial charge in [0.05, 0.1) is 0 Å². The summed E-state index contributed by atoms with van der Waals surface area (Å²) in [7, 11) is 0. The van der Waals surface area contributed by atoms with Gasteiger partial charge in [-0.3, -0.25) is 10.1 Å². The highest BCUT2D eigenvalue weighted by Crippen LogP contribution is 2.20. The van der Waals surface area contributed by atoms with Crippen molar-refractivity contribution in [2.75, 3.05) is 6.61 Å². The number of imide groups is 1. The van der Waals surface area contributed by atoms with Crippen molar-refractivity contribution in [1.29, 1.82) is 0 Å². The highest BCUT2D eigenvalue weighted by atomic mass is 16.6. The summed E-state index contributed by atoms with van der Waals surface area (Å²) < 4.78 is 10.4. The van der Waals surface area contributed by atoms with E-state index in [-0.39, 0.29) is 6.61 Å². The Morgan fingerprint density at radius 3 is 2.40 bits per heavy atom. The van der Waals surface area contributed by atoms with Gasteiger partial charge in [0.1, 0.15) is 5.75 Å². The van der Waals surface area contributed by atoms with Crippen LogP contribution in [0, 0.1) is 13.8 Å². The van der Waals surface area contributed by atoms with E-state index < -0.39 is 29.6 Å². The van der Waals surface area contributed by atoms with E-state index in [1.165, 1.54) is 6.92 Å². The molecule has 0 saturated heterocycles. The Morgan fingerprint density at radius 1 is 1.16 bits per heavy atom. The number of hydrogen-bond donors (Lipinski definition) is 2. The molecule has 3 amide bonds. The van der Waals surface area contributed by atoms with Crippen LogP contribution in [0.15, 0.2) is 18.2 Å². The van der Waals surface area contributed by atoms with Gasteiger partial charge >= 0.3 is 12.0 Å². The van der Waals surface area contributed by atoms with E-state index in [0.29, 0.717) is 5.75 Å². The smallest absolute Gasteiger partial charge is 0.344 e. The van der Waals surface area contributed by atoms with Crippen molar-refractivity contribution in [3.63, 3.8) is 0 Å². The van der Waals surface area contributed by atoms with Crippen LogP contribution in [0.1, 0.15) is 38.8 Å². The van der Waals surface area contributed by atoms with Crippen LogP contribution in [0.4, 0.5) is 4.79 Å². The fraction of sp³-hybridized carbons (Fsp3) is 0.500. The number of esters is 1. The minimum Gasteiger partial charge on any atom is -0.482 e. The van der Waals surface area contributed by atoms with Gasteiger partial charge in [0.2, 0.25) is 0 Å². The van der Waals surface area contributed by atoms with Crippen LogP contribution in [0.3, 0.4) is 0 Å². The Hall–Kier alpha value is -2.57. The second-order valence-electron chi connectivity index (χ2n) is 6.81. The molecule has 1 aromatic carbocycles. The van der Waals surface area contributed by atoms with Crippen molar-refractivity contribution in [1.82, 2.24) is 10.6 Å². The number of urea groups is 1. The van der Waals surface area contributed by atoms with E-state index in [9.17, 15) is 14.4 Å². The number of aryl methyl sites for hydroxylation is 1. The number of nitrogens with one attached hydrogen (secondary N) is 2. The molecule has 2 N–H and O–H groups in total. The van der Waals surface area contributed by atoms with Crippen LogP contribution in [0.2, 0.25) is 0 Å². The lowest BCUT2D eigenvalue weighted by molar-refractivity contribution is -0.156. The maximum absolute atomic E-state index is 11.9. The van der Waals surface area contributed by atoms with Crippen molar-refractivity contribution in [2.24, 2.45) is 0 Å². The zero-order chi connectivity index (χ0) is 19.2. The first-order valence-electron chi connectivity index (χ1n) is 8.01. The zero-order valence-corrected chi connectivity index (χ0v) is 15.6. The highest BCUT2D eigenvalue weighted by Gasteiger charge is 2.22. The van der Waals surface area contributed by atoms with Crippen molar-refractivity contribution in [3.05, 3.63) is 29.3 Å². The van der Waals surface area contributed by atoms with E-state index >= 15 is 0 Å². The molecule has 1 rings (SSSR count). The number of ether oxygens (including phenoxy) is 2. The molecule has 0 aliphatic carbocycles. The predicted octanol–water partition coefficient (Wildman–Crippen LogP) is 2.24. The summed E-state index contributed by atoms with van der Waals surface area (Å²) in [6.07, 6.45) is -1.11. The lowest BCUT2D eigenvalue weighted by Crippen LogP contribution is -2.50. The number of carbonyl (C=O) groups is 3. The lowest BCUT2D eigenvalue weighted by atomic mass is 10.1. The average Bonchev–Trinajstić information content (AvgIpc) is 2.46. The normalized spacial score (nSPS) is 12.1. The summed E-state index contributed by atoms with van der Waals surface area (Å²) in [5.41, 5.74) is 1.49. The molecule has 7 heteroatoms. The van der Waals surface area contributed by atoms with Gasteiger partial charge < -0.3 is 14.8 Å². The number of carbonyl (C=O) groups excluding carboxylic acids is 3. The first-order chi connectivity index (χ1) is 11.5. The van der Waals surface area contributed by atoms with Crippen molar-refractivity contribution >= 4 is 17.9 Å². The van der Waals surface area contributed by atoms with E-state index in [1.807, 2.05) is 26.0 Å². The topological polar surface area (TPSA) is 93.7 Å². The van der Waals surface area contributed by atoms with Gasteiger partial charge in [0.15, 0.2) is 12.7 Å². The average molecular weight is 350 g/mol. The molecule has 1 atom stereocenters. The Balaban J connectivity index is 2.46. The highest BCUT2D eigenvalue weighted by molar-refractivity contribution is 5.97. The molecule has 0 spiro atoms. The SMILES string of the molecule is Cc1cccc(OCC(=O)O[C@@H](C)C(=O)NC(=O)NC(C)(C)C)c1C. The third kappa shape index (κ3) is 7.24. The third-order valence-electron chi connectivity index (χ3n) is 3.30. The number of rotatable bonds is 5. The quantitative estimate of drug-likeness (QED) is 0.794. The first-order valence-corrected chi connectivity index (χ1v) is 8.01. The first kappa shape index (κ1) is 20.5. The van der Waals surface area contributed by atoms with Crippen molar-refractivity contribution in [2.45, 2.75) is 53.2 Å². The summed E-state index contributed by atoms with van der Waals surface area (Å²) in [6, 6.07) is 4.87. The number of benzene rings is 1. The molecule has 0 radical (unpaired) electrons. The van der Waals surface area contributed by atoms with Crippen LogP contribution in [0.25, 0.3) is 0 Å². The molecule has 7 nitrogen and oxygen atoms in total. The Kier molecular flexibility index (Phi) is 6.97. The minimum absolute atomic E-state index is 0.323. The molecular weight excluding hydrogens is 324 g/mol. The van der Waals surface area contributed by atoms with Crippen LogP contribution in [0.5, 0.6) is 5.75 Å². The van der Waals surface area contributed by atoms with Crippen LogP contribution in [-0.4, -0.2) is 36.2 Å². The van der Waals surface area contributed by atoms with Gasteiger partial charge in [0.25, 0.3) is 5.91 Å². The molecule has 0 fully saturated rings. The van der Waals surface area contributed by atoms with Gasteiger partial charge in [-0.2, -0.15) is 0 Å². The molecule has 0 aliphatic heterocycles. The van der Waals surface area contributed by atoms with Crippen molar-refractivity contribution < 1.29 is 23.9 Å². The molecule has 0 saturated carbocycles.